The van der Waals surface area contributed by atoms with Crippen molar-refractivity contribution in [1.82, 2.24) is 4.98 Å². The van der Waals surface area contributed by atoms with Crippen LogP contribution in [0.15, 0.2) is 41.2 Å². The molecule has 29 heavy (non-hydrogen) atoms. The van der Waals surface area contributed by atoms with E-state index in [1.165, 1.54) is 24.2 Å². The zero-order valence-corrected chi connectivity index (χ0v) is 16.4. The van der Waals surface area contributed by atoms with Crippen LogP contribution >= 0.6 is 12.0 Å². The lowest BCUT2D eigenvalue weighted by atomic mass is 10.1. The highest BCUT2D eigenvalue weighted by Gasteiger charge is 2.33. The molecule has 152 valence electrons. The summed E-state index contributed by atoms with van der Waals surface area (Å²) in [6.45, 7) is 2.47. The molecule has 2 aromatic carbocycles. The SMILES string of the molecule is CSOc1ccc(N2CCc3c2c2cccc(OC(F)(F)F)c2[nH]c3=O)c(C)c1. The lowest BCUT2D eigenvalue weighted by Gasteiger charge is -2.24. The molecule has 3 aromatic rings. The Balaban J connectivity index is 1.88. The fourth-order valence-electron chi connectivity index (χ4n) is 3.72. The fraction of sp³-hybridized carbons (Fsp3) is 0.250. The number of ether oxygens (including phenoxy) is 1. The predicted molar refractivity (Wildman–Crippen MR) is 107 cm³/mol. The number of nitrogens with one attached hydrogen (secondary N) is 1. The van der Waals surface area contributed by atoms with Crippen LogP contribution in [-0.2, 0) is 6.42 Å². The van der Waals surface area contributed by atoms with E-state index in [-0.39, 0.29) is 5.52 Å². The minimum Gasteiger partial charge on any atom is -0.426 e. The summed E-state index contributed by atoms with van der Waals surface area (Å²) in [7, 11) is 0. The van der Waals surface area contributed by atoms with Crippen LogP contribution in [0.25, 0.3) is 10.9 Å². The van der Waals surface area contributed by atoms with Gasteiger partial charge in [0.25, 0.3) is 5.56 Å². The molecule has 2 heterocycles. The predicted octanol–water partition coefficient (Wildman–Crippen LogP) is 5.09. The molecule has 1 aliphatic heterocycles. The third kappa shape index (κ3) is 3.62. The Labute approximate surface area is 168 Å². The number of aryl methyl sites for hydroxylation is 1. The van der Waals surface area contributed by atoms with E-state index in [4.69, 9.17) is 4.18 Å². The Morgan fingerprint density at radius 1 is 1.21 bits per heavy atom. The molecule has 1 N–H and O–H groups in total. The van der Waals surface area contributed by atoms with E-state index in [2.05, 4.69) is 9.72 Å². The van der Waals surface area contributed by atoms with Gasteiger partial charge in [0.2, 0.25) is 0 Å². The van der Waals surface area contributed by atoms with E-state index >= 15 is 0 Å². The van der Waals surface area contributed by atoms with Crippen LogP contribution in [0.3, 0.4) is 0 Å². The van der Waals surface area contributed by atoms with Gasteiger partial charge in [-0.05, 0) is 43.2 Å². The van der Waals surface area contributed by atoms with Gasteiger partial charge < -0.3 is 18.8 Å². The van der Waals surface area contributed by atoms with Crippen LogP contribution in [0, 0.1) is 6.92 Å². The highest BCUT2D eigenvalue weighted by atomic mass is 32.2. The molecule has 0 atom stereocenters. The van der Waals surface area contributed by atoms with Crippen molar-refractivity contribution in [3.63, 3.8) is 0 Å². The number of rotatable bonds is 4. The number of nitrogens with zero attached hydrogens (tertiary/aromatic N) is 1. The molecule has 0 spiro atoms. The van der Waals surface area contributed by atoms with Gasteiger partial charge in [-0.1, -0.05) is 12.1 Å². The average Bonchev–Trinajstić information content (AvgIpc) is 3.08. The third-order valence-electron chi connectivity index (χ3n) is 4.80. The number of H-pyrrole nitrogens is 1. The van der Waals surface area contributed by atoms with Crippen molar-refractivity contribution in [3.8, 4) is 11.5 Å². The smallest absolute Gasteiger partial charge is 0.426 e. The number of benzene rings is 2. The van der Waals surface area contributed by atoms with Crippen molar-refractivity contribution in [2.75, 3.05) is 17.7 Å². The standard InChI is InChI=1S/C20H17F3N2O3S/c1-11-10-12(28-29-2)6-7-15(11)25-9-8-14-18(25)13-4-3-5-16(27-20(21,22)23)17(13)24-19(14)26/h3-7,10H,8-9H2,1-2H3,(H,24,26). The summed E-state index contributed by atoms with van der Waals surface area (Å²) >= 11 is 1.24. The van der Waals surface area contributed by atoms with Crippen molar-refractivity contribution in [3.05, 3.63) is 57.9 Å². The number of hydrogen-bond donors (Lipinski definition) is 1. The quantitative estimate of drug-likeness (QED) is 0.594. The Hall–Kier alpha value is -2.81. The molecular formula is C20H17F3N2O3S. The number of para-hydroxylation sites is 1. The Morgan fingerprint density at radius 2 is 2.00 bits per heavy atom. The van der Waals surface area contributed by atoms with Gasteiger partial charge in [0.15, 0.2) is 5.75 Å². The van der Waals surface area contributed by atoms with Gasteiger partial charge >= 0.3 is 6.36 Å². The fourth-order valence-corrected chi connectivity index (χ4v) is 4.02. The Bertz CT molecular complexity index is 1140. The highest BCUT2D eigenvalue weighted by molar-refractivity contribution is 7.94. The second kappa shape index (κ2) is 7.22. The monoisotopic (exact) mass is 422 g/mol. The third-order valence-corrected chi connectivity index (χ3v) is 5.16. The van der Waals surface area contributed by atoms with Crippen LogP contribution in [0.4, 0.5) is 24.5 Å². The number of fused-ring (bicyclic) bond motifs is 3. The van der Waals surface area contributed by atoms with Crippen molar-refractivity contribution in [1.29, 1.82) is 0 Å². The van der Waals surface area contributed by atoms with Crippen molar-refractivity contribution < 1.29 is 22.1 Å². The zero-order valence-electron chi connectivity index (χ0n) is 15.6. The Morgan fingerprint density at radius 3 is 2.69 bits per heavy atom. The lowest BCUT2D eigenvalue weighted by Crippen LogP contribution is -2.19. The average molecular weight is 422 g/mol. The molecule has 0 fully saturated rings. The van der Waals surface area contributed by atoms with Gasteiger partial charge in [0.1, 0.15) is 5.75 Å². The molecular weight excluding hydrogens is 405 g/mol. The minimum atomic E-state index is -4.85. The zero-order chi connectivity index (χ0) is 20.8. The molecule has 0 radical (unpaired) electrons. The van der Waals surface area contributed by atoms with Crippen molar-refractivity contribution in [2.24, 2.45) is 0 Å². The lowest BCUT2D eigenvalue weighted by molar-refractivity contribution is -0.274. The number of aromatic amines is 1. The van der Waals surface area contributed by atoms with Crippen LogP contribution < -0.4 is 19.4 Å². The summed E-state index contributed by atoms with van der Waals surface area (Å²) in [5.41, 5.74) is 2.57. The molecule has 0 unspecified atom stereocenters. The first-order valence-electron chi connectivity index (χ1n) is 8.81. The maximum Gasteiger partial charge on any atom is 0.573 e. The number of halogens is 3. The molecule has 1 aromatic heterocycles. The molecule has 0 amide bonds. The van der Waals surface area contributed by atoms with Gasteiger partial charge in [0.05, 0.1) is 23.2 Å². The molecule has 0 aliphatic carbocycles. The largest absolute Gasteiger partial charge is 0.573 e. The minimum absolute atomic E-state index is 0.0282. The number of aromatic nitrogens is 1. The van der Waals surface area contributed by atoms with E-state index in [1.54, 1.807) is 6.07 Å². The van der Waals surface area contributed by atoms with Crippen LogP contribution in [-0.4, -0.2) is 24.1 Å². The van der Waals surface area contributed by atoms with E-state index < -0.39 is 17.7 Å². The normalized spacial score (nSPS) is 13.6. The van der Waals surface area contributed by atoms with Gasteiger partial charge in [-0.2, -0.15) is 0 Å². The molecule has 9 heteroatoms. The first kappa shape index (κ1) is 19.5. The van der Waals surface area contributed by atoms with Gasteiger partial charge in [0, 0.05) is 29.4 Å². The molecule has 0 saturated heterocycles. The maximum atomic E-state index is 12.8. The van der Waals surface area contributed by atoms with Crippen molar-refractivity contribution in [2.45, 2.75) is 19.7 Å². The topological polar surface area (TPSA) is 54.6 Å². The first-order chi connectivity index (χ1) is 13.8. The summed E-state index contributed by atoms with van der Waals surface area (Å²) in [6.07, 6.45) is -2.54. The van der Waals surface area contributed by atoms with Gasteiger partial charge in [-0.3, -0.25) is 4.79 Å². The number of hydrogen-bond acceptors (Lipinski definition) is 5. The molecule has 0 bridgehead atoms. The summed E-state index contributed by atoms with van der Waals surface area (Å²) in [6, 6.07) is 9.96. The number of anilines is 2. The second-order valence-electron chi connectivity index (χ2n) is 6.61. The van der Waals surface area contributed by atoms with Crippen LogP contribution in [0.1, 0.15) is 11.1 Å². The van der Waals surface area contributed by atoms with Gasteiger partial charge in [-0.25, -0.2) is 0 Å². The van der Waals surface area contributed by atoms with E-state index in [0.717, 1.165) is 11.3 Å². The van der Waals surface area contributed by atoms with Gasteiger partial charge in [-0.15, -0.1) is 13.2 Å². The van der Waals surface area contributed by atoms with E-state index in [0.29, 0.717) is 35.4 Å². The van der Waals surface area contributed by atoms with Crippen molar-refractivity contribution >= 4 is 34.3 Å². The summed E-state index contributed by atoms with van der Waals surface area (Å²) < 4.78 is 48.0. The van der Waals surface area contributed by atoms with Crippen LogP contribution in [0.5, 0.6) is 11.5 Å². The van der Waals surface area contributed by atoms with E-state index in [9.17, 15) is 18.0 Å². The first-order valence-corrected chi connectivity index (χ1v) is 9.96. The maximum absolute atomic E-state index is 12.8. The number of pyridine rings is 1. The summed E-state index contributed by atoms with van der Waals surface area (Å²) in [5, 5.41) is 0.502. The molecule has 1 aliphatic rings. The second-order valence-corrected chi connectivity index (χ2v) is 7.11. The van der Waals surface area contributed by atoms with Crippen LogP contribution in [0.2, 0.25) is 0 Å². The molecule has 4 rings (SSSR count). The molecule has 0 saturated carbocycles. The summed E-state index contributed by atoms with van der Waals surface area (Å²) in [4.78, 5) is 17.1. The number of alkyl halides is 3. The Kier molecular flexibility index (Phi) is 4.85. The summed E-state index contributed by atoms with van der Waals surface area (Å²) in [5.74, 6) is 0.275. The molecule has 5 nitrogen and oxygen atoms in total. The van der Waals surface area contributed by atoms with E-state index in [1.807, 2.05) is 36.3 Å². The highest BCUT2D eigenvalue weighted by Crippen LogP contribution is 2.42.